The van der Waals surface area contributed by atoms with Crippen molar-refractivity contribution in [1.29, 1.82) is 0 Å². The minimum Gasteiger partial charge on any atom is -0.545 e. The van der Waals surface area contributed by atoms with Crippen LogP contribution in [0.2, 0.25) is 0 Å². The SMILES string of the molecule is C.C.CCc1ccc(O)c(C(=O)[O-])c1O.CCc1ccc(O)cc1O.[K+]. The number of hydrogen-bond donors (Lipinski definition) is 4. The summed E-state index contributed by atoms with van der Waals surface area (Å²) in [6.07, 6.45) is 1.28. The molecule has 0 heterocycles. The summed E-state index contributed by atoms with van der Waals surface area (Å²) in [6, 6.07) is 7.32. The predicted molar refractivity (Wildman–Crippen MR) is 96.1 cm³/mol. The fourth-order valence-corrected chi connectivity index (χ4v) is 1.96. The third-order valence-electron chi connectivity index (χ3n) is 3.27. The zero-order valence-corrected chi connectivity index (χ0v) is 17.0. The van der Waals surface area contributed by atoms with Gasteiger partial charge in [0.2, 0.25) is 0 Å². The minimum absolute atomic E-state index is 0. The average Bonchev–Trinajstić information content (AvgIpc) is 2.48. The summed E-state index contributed by atoms with van der Waals surface area (Å²) in [7, 11) is 0. The molecule has 0 spiro atoms. The number of aryl methyl sites for hydroxylation is 2. The third-order valence-corrected chi connectivity index (χ3v) is 3.27. The van der Waals surface area contributed by atoms with Crippen molar-refractivity contribution in [3.05, 3.63) is 47.0 Å². The maximum Gasteiger partial charge on any atom is 1.00 e. The molecule has 2 aromatic carbocycles. The Balaban J connectivity index is -0.000000374. The number of phenols is 4. The Hall–Kier alpha value is -1.25. The van der Waals surface area contributed by atoms with Gasteiger partial charge in [-0.25, -0.2) is 0 Å². The molecule has 0 bridgehead atoms. The standard InChI is InChI=1S/C9H10O4.C8H10O2.2CH4.K/c1-2-5-3-4-6(10)7(8(5)11)9(12)13;1-2-6-3-4-7(9)5-8(6)10;;;/h3-4,10-11H,2H2,1H3,(H,12,13);3-5,9-10H,2H2,1H3;2*1H4;/q;;;;+1/p-1. The Labute approximate surface area is 197 Å². The Morgan fingerprint density at radius 1 is 0.885 bits per heavy atom. The van der Waals surface area contributed by atoms with Gasteiger partial charge in [-0.1, -0.05) is 40.8 Å². The smallest absolute Gasteiger partial charge is 0.545 e. The van der Waals surface area contributed by atoms with Crippen LogP contribution in [-0.2, 0) is 12.8 Å². The van der Waals surface area contributed by atoms with Crippen LogP contribution in [0.25, 0.3) is 0 Å². The largest absolute Gasteiger partial charge is 1.00 e. The molecule has 0 aromatic heterocycles. The van der Waals surface area contributed by atoms with E-state index in [1.807, 2.05) is 6.92 Å². The van der Waals surface area contributed by atoms with E-state index in [1.165, 1.54) is 18.2 Å². The van der Waals surface area contributed by atoms with Crippen molar-refractivity contribution in [2.45, 2.75) is 41.5 Å². The molecule has 140 valence electrons. The van der Waals surface area contributed by atoms with Crippen LogP contribution >= 0.6 is 0 Å². The van der Waals surface area contributed by atoms with Gasteiger partial charge < -0.3 is 30.3 Å². The topological polar surface area (TPSA) is 121 Å². The van der Waals surface area contributed by atoms with Crippen LogP contribution in [0.3, 0.4) is 0 Å². The van der Waals surface area contributed by atoms with Gasteiger partial charge in [0.1, 0.15) is 23.0 Å². The fourth-order valence-electron chi connectivity index (χ4n) is 1.96. The molecule has 0 radical (unpaired) electrons. The zero-order valence-electron chi connectivity index (χ0n) is 13.9. The van der Waals surface area contributed by atoms with Crippen LogP contribution in [0.5, 0.6) is 23.0 Å². The van der Waals surface area contributed by atoms with E-state index in [9.17, 15) is 15.0 Å². The Kier molecular flexibility index (Phi) is 15.8. The van der Waals surface area contributed by atoms with Gasteiger partial charge >= 0.3 is 51.4 Å². The number of aromatic carboxylic acids is 1. The van der Waals surface area contributed by atoms with E-state index in [-0.39, 0.29) is 77.7 Å². The molecule has 0 unspecified atom stereocenters. The molecule has 2 aromatic rings. The molecule has 0 saturated carbocycles. The monoisotopic (exact) mass is 390 g/mol. The van der Waals surface area contributed by atoms with Gasteiger partial charge in [0, 0.05) is 6.07 Å². The van der Waals surface area contributed by atoms with Gasteiger partial charge in [-0.15, -0.1) is 0 Å². The molecular weight excluding hydrogens is 363 g/mol. The summed E-state index contributed by atoms with van der Waals surface area (Å²) >= 11 is 0. The summed E-state index contributed by atoms with van der Waals surface area (Å²) < 4.78 is 0. The summed E-state index contributed by atoms with van der Waals surface area (Å²) in [6.45, 7) is 3.72. The molecule has 0 aliphatic carbocycles. The normalized spacial score (nSPS) is 8.69. The van der Waals surface area contributed by atoms with Crippen LogP contribution in [0, 0.1) is 0 Å². The molecule has 0 aliphatic rings. The summed E-state index contributed by atoms with van der Waals surface area (Å²) in [5.41, 5.74) is 0.786. The van der Waals surface area contributed by atoms with Crippen molar-refractivity contribution >= 4 is 5.97 Å². The second-order valence-electron chi connectivity index (χ2n) is 4.77. The van der Waals surface area contributed by atoms with Gasteiger partial charge in [-0.05, 0) is 36.1 Å². The quantitative estimate of drug-likeness (QED) is 0.546. The Bertz CT molecular complexity index is 701. The van der Waals surface area contributed by atoms with Crippen molar-refractivity contribution < 1.29 is 81.7 Å². The van der Waals surface area contributed by atoms with Crippen LogP contribution < -0.4 is 56.5 Å². The molecule has 0 fully saturated rings. The van der Waals surface area contributed by atoms with Crippen molar-refractivity contribution in [3.63, 3.8) is 0 Å². The summed E-state index contributed by atoms with van der Waals surface area (Å²) in [5.74, 6) is -2.19. The van der Waals surface area contributed by atoms with Crippen molar-refractivity contribution in [3.8, 4) is 23.0 Å². The van der Waals surface area contributed by atoms with Crippen molar-refractivity contribution in [2.24, 2.45) is 0 Å². The summed E-state index contributed by atoms with van der Waals surface area (Å²) in [5, 5.41) is 46.9. The van der Waals surface area contributed by atoms with E-state index in [0.717, 1.165) is 12.0 Å². The van der Waals surface area contributed by atoms with Crippen LogP contribution in [0.4, 0.5) is 0 Å². The second-order valence-corrected chi connectivity index (χ2v) is 4.77. The van der Waals surface area contributed by atoms with Crippen molar-refractivity contribution in [2.75, 3.05) is 0 Å². The van der Waals surface area contributed by atoms with Gasteiger partial charge in [-0.3, -0.25) is 0 Å². The van der Waals surface area contributed by atoms with Gasteiger partial charge in [0.15, 0.2) is 0 Å². The number of carbonyl (C=O) groups excluding carboxylic acids is 1. The molecule has 0 aliphatic heterocycles. The van der Waals surface area contributed by atoms with Gasteiger partial charge in [-0.2, -0.15) is 0 Å². The average molecular weight is 391 g/mol. The number of carboxylic acid groups (broad SMARTS) is 1. The molecule has 4 N–H and O–H groups in total. The third kappa shape index (κ3) is 7.97. The number of carboxylic acids is 1. The maximum absolute atomic E-state index is 10.5. The number of carbonyl (C=O) groups is 1. The van der Waals surface area contributed by atoms with Crippen LogP contribution in [0.1, 0.15) is 50.2 Å². The summed E-state index contributed by atoms with van der Waals surface area (Å²) in [4.78, 5) is 10.5. The number of phenolic OH excluding ortho intramolecular Hbond substituents is 2. The fraction of sp³-hybridized carbons (Fsp3) is 0.316. The second kappa shape index (κ2) is 13.9. The molecule has 0 amide bonds. The Morgan fingerprint density at radius 3 is 1.81 bits per heavy atom. The van der Waals surface area contributed by atoms with Gasteiger partial charge in [0.25, 0.3) is 0 Å². The van der Waals surface area contributed by atoms with Crippen LogP contribution in [-0.4, -0.2) is 26.4 Å². The first-order valence-corrected chi connectivity index (χ1v) is 7.07. The zero-order chi connectivity index (χ0) is 17.6. The number of aromatic hydroxyl groups is 4. The molecule has 6 nitrogen and oxygen atoms in total. The van der Waals surface area contributed by atoms with Crippen LogP contribution in [0.15, 0.2) is 30.3 Å². The van der Waals surface area contributed by atoms with Gasteiger partial charge in [0.05, 0.1) is 11.5 Å². The predicted octanol–water partition coefficient (Wildman–Crippen LogP) is -0.0399. The minimum atomic E-state index is -1.58. The molecule has 2 rings (SSSR count). The van der Waals surface area contributed by atoms with E-state index >= 15 is 0 Å². The van der Waals surface area contributed by atoms with E-state index in [2.05, 4.69) is 0 Å². The maximum atomic E-state index is 10.5. The number of rotatable bonds is 3. The first-order chi connectivity index (χ1) is 10.8. The molecule has 0 saturated heterocycles. The van der Waals surface area contributed by atoms with E-state index in [4.69, 9.17) is 15.3 Å². The molecule has 26 heavy (non-hydrogen) atoms. The molecule has 0 atom stereocenters. The number of hydrogen-bond acceptors (Lipinski definition) is 6. The van der Waals surface area contributed by atoms with E-state index in [0.29, 0.717) is 12.0 Å². The first kappa shape index (κ1) is 29.5. The molecule has 7 heteroatoms. The van der Waals surface area contributed by atoms with E-state index in [1.54, 1.807) is 19.1 Å². The number of benzene rings is 2. The van der Waals surface area contributed by atoms with E-state index < -0.39 is 23.0 Å². The molecular formula is C19H27KO6. The Morgan fingerprint density at radius 2 is 1.38 bits per heavy atom. The van der Waals surface area contributed by atoms with Crippen molar-refractivity contribution in [1.82, 2.24) is 0 Å². The first-order valence-electron chi connectivity index (χ1n) is 7.07.